The maximum absolute atomic E-state index is 14.5. The quantitative estimate of drug-likeness (QED) is 0.365. The minimum atomic E-state index is -2.63. The van der Waals surface area contributed by atoms with Crippen LogP contribution in [0.1, 0.15) is 79.2 Å². The summed E-state index contributed by atoms with van der Waals surface area (Å²) in [5.74, 6) is 0.291. The molecular formula is C31H37F2N5O2S. The first-order valence-electron chi connectivity index (χ1n) is 14.3. The fourth-order valence-electron chi connectivity index (χ4n) is 6.95. The third kappa shape index (κ3) is 5.27. The zero-order chi connectivity index (χ0) is 29.1. The number of alkyl halides is 2. The Labute approximate surface area is 240 Å². The monoisotopic (exact) mass is 581 g/mol. The molecule has 1 aromatic heterocycles. The van der Waals surface area contributed by atoms with E-state index >= 15 is 0 Å². The molecule has 2 aliphatic heterocycles. The molecule has 10 heteroatoms. The van der Waals surface area contributed by atoms with Gasteiger partial charge in [0.25, 0.3) is 6.43 Å². The zero-order valence-corrected chi connectivity index (χ0v) is 24.6. The van der Waals surface area contributed by atoms with Crippen molar-refractivity contribution < 1.29 is 17.8 Å². The van der Waals surface area contributed by atoms with Crippen molar-refractivity contribution in [1.29, 1.82) is 4.78 Å². The van der Waals surface area contributed by atoms with Gasteiger partial charge in [0, 0.05) is 89.1 Å². The van der Waals surface area contributed by atoms with Gasteiger partial charge in [0.1, 0.15) is 0 Å². The molecule has 3 aromatic rings. The van der Waals surface area contributed by atoms with Crippen LogP contribution < -0.4 is 4.90 Å². The highest BCUT2D eigenvalue weighted by Gasteiger charge is 2.33. The topological polar surface area (TPSA) is 82.3 Å². The Kier molecular flexibility index (Phi) is 7.16. The molecule has 1 fully saturated rings. The van der Waals surface area contributed by atoms with E-state index in [2.05, 4.69) is 22.1 Å². The highest BCUT2D eigenvalue weighted by atomic mass is 32.2. The molecule has 0 radical (unpaired) electrons. The molecular weight excluding hydrogens is 544 g/mol. The smallest absolute Gasteiger partial charge is 0.264 e. The van der Waals surface area contributed by atoms with Gasteiger partial charge in [0.05, 0.1) is 6.20 Å². The Morgan fingerprint density at radius 2 is 1.83 bits per heavy atom. The summed E-state index contributed by atoms with van der Waals surface area (Å²) in [5, 5.41) is 4.13. The van der Waals surface area contributed by atoms with Crippen LogP contribution in [0.2, 0.25) is 0 Å². The van der Waals surface area contributed by atoms with Crippen LogP contribution in [0.5, 0.6) is 0 Å². The van der Waals surface area contributed by atoms with Crippen LogP contribution >= 0.6 is 0 Å². The van der Waals surface area contributed by atoms with Gasteiger partial charge < -0.3 is 9.80 Å². The average Bonchev–Trinajstić information content (AvgIpc) is 3.57. The van der Waals surface area contributed by atoms with Crippen LogP contribution in [-0.2, 0) is 41.1 Å². The molecule has 41 heavy (non-hydrogen) atoms. The number of aryl methyl sites for hydroxylation is 2. The Bertz CT molecular complexity index is 1610. The van der Waals surface area contributed by atoms with Crippen LogP contribution in [0.25, 0.3) is 11.1 Å². The summed E-state index contributed by atoms with van der Waals surface area (Å²) in [4.78, 5) is 16.4. The van der Waals surface area contributed by atoms with Crippen molar-refractivity contribution >= 4 is 27.0 Å². The maximum Gasteiger partial charge on any atom is 0.264 e. The number of nitrogens with one attached hydrogen (secondary N) is 1. The minimum absolute atomic E-state index is 0.00121. The SMILES string of the molecule is CC(=O)N1Cc2cc(C3CCC([S@@](C)(=N)=O)CC3)cc(N3CCCc4cc(-c5cnn(C)c5)c(C(F)F)cc43)c2C1. The largest absolute Gasteiger partial charge is 0.341 e. The lowest BCUT2D eigenvalue weighted by molar-refractivity contribution is -0.129. The summed E-state index contributed by atoms with van der Waals surface area (Å²) in [7, 11) is -0.788. The van der Waals surface area contributed by atoms with Gasteiger partial charge in [-0.1, -0.05) is 6.07 Å². The Morgan fingerprint density at radius 1 is 1.07 bits per heavy atom. The fraction of sp³-hybridized carbons (Fsp3) is 0.484. The van der Waals surface area contributed by atoms with Gasteiger partial charge in [-0.15, -0.1) is 0 Å². The molecule has 1 aliphatic carbocycles. The third-order valence-electron chi connectivity index (χ3n) is 9.19. The predicted octanol–water partition coefficient (Wildman–Crippen LogP) is 6.67. The number of carbonyl (C=O) groups excluding carboxylic acids is 1. The number of halogens is 2. The number of benzene rings is 2. The predicted molar refractivity (Wildman–Crippen MR) is 157 cm³/mol. The summed E-state index contributed by atoms with van der Waals surface area (Å²) < 4.78 is 51.0. The molecule has 1 atom stereocenters. The number of nitrogens with zero attached hydrogens (tertiary/aromatic N) is 4. The molecule has 1 saturated carbocycles. The summed E-state index contributed by atoms with van der Waals surface area (Å²) >= 11 is 0. The number of hydrogen-bond acceptors (Lipinski definition) is 5. The van der Waals surface area contributed by atoms with Gasteiger partial charge in [0.2, 0.25) is 5.91 Å². The summed E-state index contributed by atoms with van der Waals surface area (Å²) in [6.07, 6.45) is 7.26. The lowest BCUT2D eigenvalue weighted by Crippen LogP contribution is -2.27. The van der Waals surface area contributed by atoms with Crippen LogP contribution in [-0.4, -0.2) is 42.8 Å². The van der Waals surface area contributed by atoms with Crippen LogP contribution in [0.3, 0.4) is 0 Å². The number of fused-ring (bicyclic) bond motifs is 2. The number of rotatable bonds is 5. The van der Waals surface area contributed by atoms with Gasteiger partial charge in [-0.25, -0.2) is 13.0 Å². The van der Waals surface area contributed by atoms with E-state index in [9.17, 15) is 17.8 Å². The number of hydrogen-bond donors (Lipinski definition) is 1. The summed E-state index contributed by atoms with van der Waals surface area (Å²) in [6.45, 7) is 3.34. The lowest BCUT2D eigenvalue weighted by Gasteiger charge is -2.35. The normalized spacial score (nSPS) is 22.0. The van der Waals surface area contributed by atoms with E-state index in [0.717, 1.165) is 66.6 Å². The van der Waals surface area contributed by atoms with Crippen molar-refractivity contribution in [2.24, 2.45) is 7.05 Å². The molecule has 0 bridgehead atoms. The maximum atomic E-state index is 14.5. The van der Waals surface area contributed by atoms with E-state index in [0.29, 0.717) is 30.8 Å². The Hall–Kier alpha value is -3.27. The molecule has 218 valence electrons. The number of amides is 1. The van der Waals surface area contributed by atoms with Gasteiger partial charge in [-0.05, 0) is 84.9 Å². The average molecular weight is 582 g/mol. The summed E-state index contributed by atoms with van der Waals surface area (Å²) in [5.41, 5.74) is 7.43. The molecule has 0 unspecified atom stereocenters. The Morgan fingerprint density at radius 3 is 2.46 bits per heavy atom. The molecule has 1 N–H and O–H groups in total. The van der Waals surface area contributed by atoms with Gasteiger partial charge >= 0.3 is 0 Å². The van der Waals surface area contributed by atoms with Crippen LogP contribution in [0.15, 0.2) is 36.7 Å². The molecule has 3 heterocycles. The molecule has 0 saturated heterocycles. The lowest BCUT2D eigenvalue weighted by atomic mass is 9.82. The second-order valence-electron chi connectivity index (χ2n) is 12.0. The van der Waals surface area contributed by atoms with Gasteiger partial charge in [-0.2, -0.15) is 5.10 Å². The highest BCUT2D eigenvalue weighted by molar-refractivity contribution is 7.92. The van der Waals surface area contributed by atoms with Crippen LogP contribution in [0.4, 0.5) is 20.2 Å². The van der Waals surface area contributed by atoms with Crippen molar-refractivity contribution in [3.63, 3.8) is 0 Å². The molecule has 3 aliphatic rings. The van der Waals surface area contributed by atoms with Crippen molar-refractivity contribution in [3.8, 4) is 11.1 Å². The van der Waals surface area contributed by atoms with Crippen LogP contribution in [0, 0.1) is 4.78 Å². The number of anilines is 2. The van der Waals surface area contributed by atoms with Crippen molar-refractivity contribution in [2.75, 3.05) is 17.7 Å². The highest BCUT2D eigenvalue weighted by Crippen LogP contribution is 2.46. The molecule has 2 aromatic carbocycles. The molecule has 0 spiro atoms. The second kappa shape index (κ2) is 10.5. The van der Waals surface area contributed by atoms with E-state index in [1.807, 2.05) is 11.0 Å². The van der Waals surface area contributed by atoms with Crippen molar-refractivity contribution in [3.05, 3.63) is 64.5 Å². The number of aromatic nitrogens is 2. The van der Waals surface area contributed by atoms with E-state index < -0.39 is 16.2 Å². The van der Waals surface area contributed by atoms with E-state index in [4.69, 9.17) is 4.78 Å². The third-order valence-corrected chi connectivity index (χ3v) is 10.9. The first kappa shape index (κ1) is 27.9. The van der Waals surface area contributed by atoms with Gasteiger partial charge in [-0.3, -0.25) is 14.3 Å². The molecule has 7 nitrogen and oxygen atoms in total. The first-order chi connectivity index (χ1) is 19.5. The first-order valence-corrected chi connectivity index (χ1v) is 16.4. The van der Waals surface area contributed by atoms with E-state index in [-0.39, 0.29) is 22.6 Å². The van der Waals surface area contributed by atoms with Crippen molar-refractivity contribution in [1.82, 2.24) is 14.7 Å². The van der Waals surface area contributed by atoms with E-state index in [1.54, 1.807) is 43.4 Å². The van der Waals surface area contributed by atoms with E-state index in [1.165, 1.54) is 5.56 Å². The Balaban J connectivity index is 1.43. The minimum Gasteiger partial charge on any atom is -0.341 e. The van der Waals surface area contributed by atoms with Crippen molar-refractivity contribution in [2.45, 2.75) is 76.1 Å². The summed E-state index contributed by atoms with van der Waals surface area (Å²) in [6, 6.07) is 8.01. The molecule has 6 rings (SSSR count). The second-order valence-corrected chi connectivity index (χ2v) is 14.4. The van der Waals surface area contributed by atoms with Gasteiger partial charge in [0.15, 0.2) is 0 Å². The zero-order valence-electron chi connectivity index (χ0n) is 23.8. The fourth-order valence-corrected chi connectivity index (χ4v) is 8.12. The number of carbonyl (C=O) groups is 1. The molecule has 1 amide bonds. The standard InChI is InChI=1S/C31H37F2N5O2S/c1-19(39)37-17-23-11-22(20-6-8-25(9-7-20)41(3,34)40)13-30(28(23)18-37)38-10-4-5-21-12-26(24-15-35-36(2)16-24)27(31(32)33)14-29(21)38/h11-16,20,25,31,34H,4-10,17-18H2,1-3H3/t20?,25?,41-/m0/s1.